The summed E-state index contributed by atoms with van der Waals surface area (Å²) in [6.07, 6.45) is 1.58. The zero-order valence-electron chi connectivity index (χ0n) is 15.8. The molecule has 29 heavy (non-hydrogen) atoms. The predicted molar refractivity (Wildman–Crippen MR) is 111 cm³/mol. The van der Waals surface area contributed by atoms with Gasteiger partial charge in [0, 0.05) is 10.6 Å². The molecule has 0 aliphatic heterocycles. The van der Waals surface area contributed by atoms with Gasteiger partial charge in [0.15, 0.2) is 5.16 Å². The van der Waals surface area contributed by atoms with Gasteiger partial charge in [0.05, 0.1) is 24.2 Å². The van der Waals surface area contributed by atoms with Crippen LogP contribution in [0.15, 0.2) is 57.0 Å². The Morgan fingerprint density at radius 2 is 2.00 bits per heavy atom. The first-order chi connectivity index (χ1) is 13.9. The predicted octanol–water partition coefficient (Wildman–Crippen LogP) is 3.37. The van der Waals surface area contributed by atoms with Crippen molar-refractivity contribution in [2.24, 2.45) is 0 Å². The summed E-state index contributed by atoms with van der Waals surface area (Å²) < 4.78 is 7.08. The molecule has 6 nitrogen and oxygen atoms in total. The fourth-order valence-electron chi connectivity index (χ4n) is 3.00. The Hall–Kier alpha value is -2.84. The zero-order valence-corrected chi connectivity index (χ0v) is 17.4. The van der Waals surface area contributed by atoms with Crippen molar-refractivity contribution >= 4 is 39.3 Å². The maximum Gasteiger partial charge on any atom is 0.263 e. The maximum atomic E-state index is 13.2. The summed E-state index contributed by atoms with van der Waals surface area (Å²) in [5.74, 6) is 0.0253. The Kier molecular flexibility index (Phi) is 5.29. The van der Waals surface area contributed by atoms with Crippen molar-refractivity contribution in [2.75, 3.05) is 0 Å². The number of aromatic nitrogens is 2. The van der Waals surface area contributed by atoms with Crippen molar-refractivity contribution in [3.63, 3.8) is 0 Å². The second kappa shape index (κ2) is 7.88. The number of thiophene rings is 1. The molecule has 3 aromatic heterocycles. The summed E-state index contributed by atoms with van der Waals surface area (Å²) in [7, 11) is 0. The van der Waals surface area contributed by atoms with Gasteiger partial charge in [-0.2, -0.15) is 0 Å². The lowest BCUT2D eigenvalue weighted by atomic mass is 10.1. The first-order valence-corrected chi connectivity index (χ1v) is 10.7. The molecule has 0 amide bonds. The molecule has 148 valence electrons. The Balaban J connectivity index is 1.71. The summed E-state index contributed by atoms with van der Waals surface area (Å²) in [5, 5.41) is 12.2. The number of carboxylic acids is 1. The minimum Gasteiger partial charge on any atom is -0.545 e. The van der Waals surface area contributed by atoms with E-state index in [-0.39, 0.29) is 11.1 Å². The Morgan fingerprint density at radius 1 is 1.24 bits per heavy atom. The second-order valence-corrected chi connectivity index (χ2v) is 8.75. The van der Waals surface area contributed by atoms with E-state index in [4.69, 9.17) is 9.40 Å². The number of aromatic carboxylic acids is 1. The largest absolute Gasteiger partial charge is 0.545 e. The van der Waals surface area contributed by atoms with E-state index in [0.717, 1.165) is 20.8 Å². The number of hydrogen-bond acceptors (Lipinski definition) is 7. The fourth-order valence-corrected chi connectivity index (χ4v) is 5.03. The number of furan rings is 1. The topological polar surface area (TPSA) is 88.2 Å². The fraction of sp³-hybridized carbons (Fsp3) is 0.190. The Morgan fingerprint density at radius 3 is 2.66 bits per heavy atom. The van der Waals surface area contributed by atoms with Crippen LogP contribution in [-0.2, 0) is 12.3 Å². The van der Waals surface area contributed by atoms with Crippen molar-refractivity contribution in [1.82, 2.24) is 9.55 Å². The highest BCUT2D eigenvalue weighted by atomic mass is 32.2. The molecule has 0 N–H and O–H groups in total. The molecular formula is C21H17N2O4S2-. The van der Waals surface area contributed by atoms with Crippen LogP contribution in [0.5, 0.6) is 0 Å². The van der Waals surface area contributed by atoms with Crippen LogP contribution in [0.25, 0.3) is 10.2 Å². The van der Waals surface area contributed by atoms with Crippen molar-refractivity contribution in [2.45, 2.75) is 31.3 Å². The van der Waals surface area contributed by atoms with E-state index < -0.39 is 5.97 Å². The second-order valence-electron chi connectivity index (χ2n) is 6.60. The number of nitrogens with zero attached hydrogens (tertiary/aromatic N) is 2. The number of carbonyl (C=O) groups is 1. The standard InChI is InChI=1S/C21H18N2O4S2/c1-12-13(2)29-18-17(12)19(24)23(10-16-4-3-9-27-16)21(22-18)28-11-14-5-7-15(8-6-14)20(25)26/h3-9H,10-11H2,1-2H3,(H,25,26)/p-1. The van der Waals surface area contributed by atoms with Crippen LogP contribution < -0.4 is 10.7 Å². The molecule has 4 rings (SSSR count). The highest BCUT2D eigenvalue weighted by molar-refractivity contribution is 7.98. The van der Waals surface area contributed by atoms with Crippen molar-refractivity contribution in [3.8, 4) is 0 Å². The van der Waals surface area contributed by atoms with Gasteiger partial charge in [-0.05, 0) is 42.7 Å². The van der Waals surface area contributed by atoms with Gasteiger partial charge in [-0.1, -0.05) is 36.0 Å². The van der Waals surface area contributed by atoms with E-state index in [1.807, 2.05) is 19.9 Å². The molecule has 0 aliphatic carbocycles. The molecule has 4 aromatic rings. The summed E-state index contributed by atoms with van der Waals surface area (Å²) in [6, 6.07) is 10.1. The third-order valence-corrected chi connectivity index (χ3v) is 6.85. The molecule has 0 saturated heterocycles. The number of thioether (sulfide) groups is 1. The molecule has 0 atom stereocenters. The monoisotopic (exact) mass is 425 g/mol. The number of benzene rings is 1. The van der Waals surface area contributed by atoms with Crippen LogP contribution in [0.3, 0.4) is 0 Å². The molecule has 0 unspecified atom stereocenters. The van der Waals surface area contributed by atoms with Gasteiger partial charge in [0.2, 0.25) is 0 Å². The van der Waals surface area contributed by atoms with E-state index in [2.05, 4.69) is 0 Å². The summed E-state index contributed by atoms with van der Waals surface area (Å²) in [5.41, 5.74) is 1.95. The highest BCUT2D eigenvalue weighted by Gasteiger charge is 2.17. The molecule has 0 spiro atoms. The maximum absolute atomic E-state index is 13.2. The minimum absolute atomic E-state index is 0.0805. The summed E-state index contributed by atoms with van der Waals surface area (Å²) >= 11 is 2.95. The van der Waals surface area contributed by atoms with E-state index in [1.165, 1.54) is 35.2 Å². The van der Waals surface area contributed by atoms with Gasteiger partial charge >= 0.3 is 0 Å². The van der Waals surface area contributed by atoms with E-state index in [1.54, 1.807) is 29.0 Å². The summed E-state index contributed by atoms with van der Waals surface area (Å²) in [4.78, 5) is 30.7. The number of rotatable bonds is 6. The normalized spacial score (nSPS) is 11.2. The first-order valence-electron chi connectivity index (χ1n) is 8.90. The van der Waals surface area contributed by atoms with Crippen LogP contribution >= 0.6 is 23.1 Å². The average molecular weight is 426 g/mol. The molecule has 3 heterocycles. The lowest BCUT2D eigenvalue weighted by Crippen LogP contribution is -2.23. The van der Waals surface area contributed by atoms with E-state index >= 15 is 0 Å². The molecule has 0 radical (unpaired) electrons. The molecule has 0 saturated carbocycles. The smallest absolute Gasteiger partial charge is 0.263 e. The Bertz CT molecular complexity index is 1240. The number of fused-ring (bicyclic) bond motifs is 1. The first kappa shape index (κ1) is 19.5. The van der Waals surface area contributed by atoms with Gasteiger partial charge < -0.3 is 14.3 Å². The zero-order chi connectivity index (χ0) is 20.5. The molecule has 1 aromatic carbocycles. The van der Waals surface area contributed by atoms with Crippen LogP contribution in [0, 0.1) is 13.8 Å². The van der Waals surface area contributed by atoms with Gasteiger partial charge in [-0.15, -0.1) is 11.3 Å². The minimum atomic E-state index is -1.20. The molecule has 0 fully saturated rings. The van der Waals surface area contributed by atoms with Gasteiger partial charge in [0.25, 0.3) is 5.56 Å². The quantitative estimate of drug-likeness (QED) is 0.348. The average Bonchev–Trinajstić information content (AvgIpc) is 3.31. The van der Waals surface area contributed by atoms with Gasteiger partial charge in [0.1, 0.15) is 10.6 Å². The van der Waals surface area contributed by atoms with Gasteiger partial charge in [-0.3, -0.25) is 9.36 Å². The van der Waals surface area contributed by atoms with Crippen LogP contribution in [0.2, 0.25) is 0 Å². The van der Waals surface area contributed by atoms with Crippen LogP contribution in [-0.4, -0.2) is 15.5 Å². The third-order valence-electron chi connectivity index (χ3n) is 4.71. The lowest BCUT2D eigenvalue weighted by molar-refractivity contribution is -0.255. The van der Waals surface area contributed by atoms with Crippen LogP contribution in [0.1, 0.15) is 32.1 Å². The van der Waals surface area contributed by atoms with Gasteiger partial charge in [-0.25, -0.2) is 4.98 Å². The van der Waals surface area contributed by atoms with E-state index in [0.29, 0.717) is 28.6 Å². The van der Waals surface area contributed by atoms with E-state index in [9.17, 15) is 14.7 Å². The lowest BCUT2D eigenvalue weighted by Gasteiger charge is -2.11. The molecule has 0 bridgehead atoms. The number of aryl methyl sites for hydroxylation is 2. The molecule has 0 aliphatic rings. The number of carboxylic acid groups (broad SMARTS) is 1. The summed E-state index contributed by atoms with van der Waals surface area (Å²) in [6.45, 7) is 4.24. The van der Waals surface area contributed by atoms with Crippen molar-refractivity contribution in [3.05, 3.63) is 80.3 Å². The highest BCUT2D eigenvalue weighted by Crippen LogP contribution is 2.29. The third kappa shape index (κ3) is 3.86. The number of carbonyl (C=O) groups excluding carboxylic acids is 1. The van der Waals surface area contributed by atoms with Crippen molar-refractivity contribution < 1.29 is 14.3 Å². The SMILES string of the molecule is Cc1sc2nc(SCc3ccc(C(=O)[O-])cc3)n(Cc3ccco3)c(=O)c2c1C. The van der Waals surface area contributed by atoms with Crippen LogP contribution in [0.4, 0.5) is 0 Å². The number of hydrogen-bond donors (Lipinski definition) is 0. The molecular weight excluding hydrogens is 408 g/mol. The molecule has 8 heteroatoms. The Labute approximate surface area is 174 Å². The van der Waals surface area contributed by atoms with Crippen molar-refractivity contribution in [1.29, 1.82) is 0 Å².